The molecular weight excluding hydrogens is 554 g/mol. The molecule has 1 aliphatic rings. The van der Waals surface area contributed by atoms with Crippen LogP contribution in [0, 0.1) is 0 Å². The number of imidazole rings is 1. The molecule has 2 atom stereocenters. The molecule has 0 aliphatic carbocycles. The maximum atomic E-state index is 13.8. The molecular formula is C32H32ClN5O4. The fourth-order valence-electron chi connectivity index (χ4n) is 5.49. The Bertz CT molecular complexity index is 1590. The summed E-state index contributed by atoms with van der Waals surface area (Å²) in [5.74, 6) is 0.0780. The molecule has 0 saturated heterocycles. The summed E-state index contributed by atoms with van der Waals surface area (Å²) in [6.07, 6.45) is 4.46. The smallest absolute Gasteiger partial charge is 0.284 e. The van der Waals surface area contributed by atoms with Crippen LogP contribution in [0.4, 0.5) is 11.4 Å². The molecule has 2 N–H and O–H groups in total. The number of para-hydroxylation sites is 1. The summed E-state index contributed by atoms with van der Waals surface area (Å²) in [7, 11) is 0. The maximum Gasteiger partial charge on any atom is 0.284 e. The molecule has 0 radical (unpaired) electrons. The van der Waals surface area contributed by atoms with Crippen LogP contribution in [0.15, 0.2) is 85.2 Å². The summed E-state index contributed by atoms with van der Waals surface area (Å²) >= 11 is 6.10. The molecule has 1 aliphatic heterocycles. The van der Waals surface area contributed by atoms with Crippen LogP contribution in [0.1, 0.15) is 59.3 Å². The van der Waals surface area contributed by atoms with Gasteiger partial charge in [-0.15, -0.1) is 0 Å². The summed E-state index contributed by atoms with van der Waals surface area (Å²) < 4.78 is 7.55. The highest BCUT2D eigenvalue weighted by atomic mass is 35.5. The second-order valence-electron chi connectivity index (χ2n) is 10.2. The molecule has 0 fully saturated rings. The third-order valence-electron chi connectivity index (χ3n) is 7.38. The van der Waals surface area contributed by atoms with Crippen molar-refractivity contribution >= 4 is 40.7 Å². The zero-order chi connectivity index (χ0) is 29.8. The fraction of sp³-hybridized carbons (Fsp3) is 0.250. The Morgan fingerprint density at radius 1 is 1.05 bits per heavy atom. The van der Waals surface area contributed by atoms with E-state index in [1.807, 2.05) is 48.2 Å². The number of ether oxygens (including phenoxy) is 1. The first-order valence-corrected chi connectivity index (χ1v) is 14.1. The number of amides is 3. The lowest BCUT2D eigenvalue weighted by Crippen LogP contribution is -2.47. The van der Waals surface area contributed by atoms with E-state index in [-0.39, 0.29) is 29.7 Å². The molecule has 0 saturated carbocycles. The van der Waals surface area contributed by atoms with Crippen LogP contribution >= 0.6 is 11.6 Å². The number of aromatic nitrogens is 2. The largest absolute Gasteiger partial charge is 0.494 e. The molecule has 4 aromatic rings. The van der Waals surface area contributed by atoms with E-state index in [2.05, 4.69) is 4.98 Å². The molecule has 3 amide bonds. The molecule has 5 rings (SSSR count). The van der Waals surface area contributed by atoms with Gasteiger partial charge < -0.3 is 24.8 Å². The Morgan fingerprint density at radius 2 is 1.76 bits per heavy atom. The van der Waals surface area contributed by atoms with Gasteiger partial charge in [0, 0.05) is 53.9 Å². The van der Waals surface area contributed by atoms with Gasteiger partial charge in [0.2, 0.25) is 5.91 Å². The normalized spacial score (nSPS) is 16.0. The number of nitrogens with zero attached hydrogens (tertiary/aromatic N) is 4. The standard InChI is InChI=1S/C32H32ClN5O4/c1-21-20-29(38(22(2)39)25-12-10-24(33)11-13-25)27-6-3-4-7-28(27)37(21)32(41)23-8-14-26(15-9-23)42-19-5-17-36-18-16-35-31(36)30(34)40/h3-4,6-16,18,21,29H,5,17,19-20H2,1-2H3,(H2,34,40). The lowest BCUT2D eigenvalue weighted by Gasteiger charge is -2.43. The van der Waals surface area contributed by atoms with Gasteiger partial charge in [-0.05, 0) is 79.9 Å². The van der Waals surface area contributed by atoms with Crippen molar-refractivity contribution in [2.75, 3.05) is 16.4 Å². The van der Waals surface area contributed by atoms with E-state index in [4.69, 9.17) is 22.1 Å². The zero-order valence-electron chi connectivity index (χ0n) is 23.4. The summed E-state index contributed by atoms with van der Waals surface area (Å²) in [5, 5.41) is 0.598. The Kier molecular flexibility index (Phi) is 8.59. The van der Waals surface area contributed by atoms with Crippen molar-refractivity contribution in [3.8, 4) is 5.75 Å². The van der Waals surface area contributed by atoms with Crippen molar-refractivity contribution in [1.29, 1.82) is 0 Å². The molecule has 1 aromatic heterocycles. The quantitative estimate of drug-likeness (QED) is 0.256. The zero-order valence-corrected chi connectivity index (χ0v) is 24.2. The van der Waals surface area contributed by atoms with Crippen molar-refractivity contribution in [3.05, 3.63) is 107 Å². The highest BCUT2D eigenvalue weighted by Crippen LogP contribution is 2.43. The minimum Gasteiger partial charge on any atom is -0.494 e. The lowest BCUT2D eigenvalue weighted by molar-refractivity contribution is -0.117. The number of anilines is 2. The van der Waals surface area contributed by atoms with E-state index in [1.165, 1.54) is 6.20 Å². The van der Waals surface area contributed by atoms with Crippen LogP contribution in [0.5, 0.6) is 5.75 Å². The van der Waals surface area contributed by atoms with E-state index in [1.54, 1.807) is 59.0 Å². The summed E-state index contributed by atoms with van der Waals surface area (Å²) in [6, 6.07) is 21.6. The molecule has 2 heterocycles. The molecule has 216 valence electrons. The number of nitrogens with two attached hydrogens (primary N) is 1. The lowest BCUT2D eigenvalue weighted by atomic mass is 9.89. The van der Waals surface area contributed by atoms with E-state index in [9.17, 15) is 14.4 Å². The molecule has 2 unspecified atom stereocenters. The third kappa shape index (κ3) is 6.01. The van der Waals surface area contributed by atoms with Crippen molar-refractivity contribution < 1.29 is 19.1 Å². The average Bonchev–Trinajstić information content (AvgIpc) is 3.45. The number of hydrogen-bond acceptors (Lipinski definition) is 5. The number of fused-ring (bicyclic) bond motifs is 1. The molecule has 9 nitrogen and oxygen atoms in total. The van der Waals surface area contributed by atoms with Crippen LogP contribution < -0.4 is 20.3 Å². The summed E-state index contributed by atoms with van der Waals surface area (Å²) in [6.45, 7) is 4.52. The van der Waals surface area contributed by atoms with E-state index in [0.717, 1.165) is 16.9 Å². The van der Waals surface area contributed by atoms with Crippen molar-refractivity contribution in [2.24, 2.45) is 5.73 Å². The second-order valence-corrected chi connectivity index (χ2v) is 10.7. The second kappa shape index (κ2) is 12.5. The van der Waals surface area contributed by atoms with Gasteiger partial charge in [0.15, 0.2) is 5.82 Å². The Hall–Kier alpha value is -4.63. The molecule has 42 heavy (non-hydrogen) atoms. The van der Waals surface area contributed by atoms with Gasteiger partial charge in [0.1, 0.15) is 5.75 Å². The highest BCUT2D eigenvalue weighted by molar-refractivity contribution is 6.30. The Morgan fingerprint density at radius 3 is 2.45 bits per heavy atom. The van der Waals surface area contributed by atoms with E-state index in [0.29, 0.717) is 42.3 Å². The molecule has 0 bridgehead atoms. The number of halogens is 1. The minimum atomic E-state index is -0.569. The van der Waals surface area contributed by atoms with Gasteiger partial charge in [-0.1, -0.05) is 29.8 Å². The monoisotopic (exact) mass is 585 g/mol. The maximum absolute atomic E-state index is 13.8. The molecule has 0 spiro atoms. The van der Waals surface area contributed by atoms with Crippen LogP contribution in [0.3, 0.4) is 0 Å². The first-order chi connectivity index (χ1) is 20.2. The Labute approximate surface area is 249 Å². The van der Waals surface area contributed by atoms with Crippen LogP contribution in [-0.4, -0.2) is 39.9 Å². The van der Waals surface area contributed by atoms with Crippen LogP contribution in [0.2, 0.25) is 5.02 Å². The van der Waals surface area contributed by atoms with Crippen LogP contribution in [0.25, 0.3) is 0 Å². The molecule has 10 heteroatoms. The average molecular weight is 586 g/mol. The third-order valence-corrected chi connectivity index (χ3v) is 7.64. The van der Waals surface area contributed by atoms with Crippen molar-refractivity contribution in [3.63, 3.8) is 0 Å². The van der Waals surface area contributed by atoms with Gasteiger partial charge in [0.25, 0.3) is 11.8 Å². The highest BCUT2D eigenvalue weighted by Gasteiger charge is 2.38. The van der Waals surface area contributed by atoms with Gasteiger partial charge >= 0.3 is 0 Å². The first kappa shape index (κ1) is 28.9. The topological polar surface area (TPSA) is 111 Å². The number of primary amides is 1. The Balaban J connectivity index is 1.30. The number of carbonyl (C=O) groups is 3. The number of aryl methyl sites for hydroxylation is 1. The number of rotatable bonds is 9. The number of carbonyl (C=O) groups excluding carboxylic acids is 3. The van der Waals surface area contributed by atoms with Gasteiger partial charge in [-0.3, -0.25) is 14.4 Å². The predicted molar refractivity (Wildman–Crippen MR) is 162 cm³/mol. The predicted octanol–water partition coefficient (Wildman–Crippen LogP) is 5.64. The summed E-state index contributed by atoms with van der Waals surface area (Å²) in [4.78, 5) is 45.7. The van der Waals surface area contributed by atoms with Crippen LogP contribution in [-0.2, 0) is 11.3 Å². The van der Waals surface area contributed by atoms with E-state index >= 15 is 0 Å². The first-order valence-electron chi connectivity index (χ1n) is 13.8. The van der Waals surface area contributed by atoms with Gasteiger partial charge in [0.05, 0.1) is 12.6 Å². The fourth-order valence-corrected chi connectivity index (χ4v) is 5.62. The minimum absolute atomic E-state index is 0.0852. The summed E-state index contributed by atoms with van der Waals surface area (Å²) in [5.41, 5.74) is 8.32. The molecule has 3 aromatic carbocycles. The van der Waals surface area contributed by atoms with Crippen molar-refractivity contribution in [1.82, 2.24) is 9.55 Å². The number of benzene rings is 3. The number of hydrogen-bond donors (Lipinski definition) is 1. The van der Waals surface area contributed by atoms with Gasteiger partial charge in [-0.2, -0.15) is 0 Å². The van der Waals surface area contributed by atoms with E-state index < -0.39 is 5.91 Å². The van der Waals surface area contributed by atoms with Crippen molar-refractivity contribution in [2.45, 2.75) is 45.3 Å². The van der Waals surface area contributed by atoms with Gasteiger partial charge in [-0.25, -0.2) is 4.98 Å². The SMILES string of the molecule is CC(=O)N(c1ccc(Cl)cc1)C1CC(C)N(C(=O)c2ccc(OCCCn3ccnc3C(N)=O)cc2)c2ccccc21.